The summed E-state index contributed by atoms with van der Waals surface area (Å²) in [5, 5.41) is 0. The summed E-state index contributed by atoms with van der Waals surface area (Å²) in [6, 6.07) is 0. The molecule has 122 valence electrons. The van der Waals surface area contributed by atoms with Crippen LogP contribution in [0.25, 0.3) is 0 Å². The summed E-state index contributed by atoms with van der Waals surface area (Å²) in [5.74, 6) is 0. The van der Waals surface area contributed by atoms with E-state index in [1.807, 2.05) is 0 Å². The topological polar surface area (TPSA) is 9.72 Å². The molecule has 0 atom stereocenters. The van der Waals surface area contributed by atoms with Gasteiger partial charge in [0.1, 0.15) is 0 Å². The Morgan fingerprint density at radius 1 is 0.762 bits per heavy atom. The molecule has 3 nitrogen and oxygen atoms in total. The first-order valence-electron chi connectivity index (χ1n) is 8.47. The molecule has 0 saturated carbocycles. The van der Waals surface area contributed by atoms with Gasteiger partial charge in [-0.25, -0.2) is 0 Å². The fraction of sp³-hybridized carbons (Fsp3) is 0.765. The van der Waals surface area contributed by atoms with Crippen molar-refractivity contribution in [3.05, 3.63) is 24.3 Å². The van der Waals surface area contributed by atoms with Crippen molar-refractivity contribution < 1.29 is 20.8 Å². The van der Waals surface area contributed by atoms with Crippen molar-refractivity contribution in [3.8, 4) is 0 Å². The zero-order chi connectivity index (χ0) is 16.1. The fourth-order valence-corrected chi connectivity index (χ4v) is 27.2. The van der Waals surface area contributed by atoms with Crippen LogP contribution in [0.2, 0.25) is 3.17 Å². The number of hydrogen-bond donors (Lipinski definition) is 0. The fourth-order valence-electron chi connectivity index (χ4n) is 4.08. The van der Waals surface area contributed by atoms with E-state index in [2.05, 4.69) is 81.8 Å². The molecule has 4 heteroatoms. The van der Waals surface area contributed by atoms with Crippen molar-refractivity contribution in [2.45, 2.75) is 43.7 Å². The van der Waals surface area contributed by atoms with Gasteiger partial charge in [-0.2, -0.15) is 0 Å². The van der Waals surface area contributed by atoms with Crippen molar-refractivity contribution in [1.29, 1.82) is 0 Å². The Bertz CT molecular complexity index is 340. The maximum atomic E-state index is 2.73. The van der Waals surface area contributed by atoms with Crippen LogP contribution < -0.4 is 0 Å². The molecule has 0 bridgehead atoms. The van der Waals surface area contributed by atoms with Gasteiger partial charge in [-0.05, 0) is 0 Å². The summed E-state index contributed by atoms with van der Waals surface area (Å²) in [5.41, 5.74) is 0. The molecule has 0 radical (unpaired) electrons. The van der Waals surface area contributed by atoms with E-state index in [1.54, 1.807) is 0 Å². The molecule has 0 heterocycles. The maximum absolute atomic E-state index is 3.16. The van der Waals surface area contributed by atoms with Crippen molar-refractivity contribution in [3.63, 3.8) is 0 Å². The molecule has 0 N–H and O–H groups in total. The minimum atomic E-state index is -3.16. The van der Waals surface area contributed by atoms with Gasteiger partial charge in [0.25, 0.3) is 0 Å². The quantitative estimate of drug-likeness (QED) is 0.485. The van der Waals surface area contributed by atoms with Gasteiger partial charge in [0.2, 0.25) is 0 Å². The molecule has 0 aromatic carbocycles. The average Bonchev–Trinajstić information content (AvgIpc) is 2.96. The number of rotatable bonds is 9. The van der Waals surface area contributed by atoms with Crippen LogP contribution in [0.15, 0.2) is 24.3 Å². The van der Waals surface area contributed by atoms with Crippen LogP contribution in [0.1, 0.15) is 40.5 Å². The predicted molar refractivity (Wildman–Crippen MR) is 90.8 cm³/mol. The van der Waals surface area contributed by atoms with Gasteiger partial charge >= 0.3 is 138 Å². The van der Waals surface area contributed by atoms with Gasteiger partial charge < -0.3 is 0 Å². The SMILES string of the molecule is CCC[C]1([Hf]([N](C)CC)([N](C)CC)[N](C)CC)C=CC=C1. The first-order chi connectivity index (χ1) is 9.96. The van der Waals surface area contributed by atoms with Crippen LogP contribution >= 0.6 is 0 Å². The second kappa shape index (κ2) is 8.19. The van der Waals surface area contributed by atoms with Crippen molar-refractivity contribution in [2.75, 3.05) is 40.8 Å². The van der Waals surface area contributed by atoms with Gasteiger partial charge in [0.05, 0.1) is 0 Å². The van der Waals surface area contributed by atoms with E-state index in [-0.39, 0.29) is 3.17 Å². The van der Waals surface area contributed by atoms with Crippen LogP contribution in [0.5, 0.6) is 0 Å². The summed E-state index contributed by atoms with van der Waals surface area (Å²) < 4.78 is 8.46. The molecule has 21 heavy (non-hydrogen) atoms. The van der Waals surface area contributed by atoms with Crippen LogP contribution in [0.3, 0.4) is 0 Å². The molecule has 0 spiro atoms. The summed E-state index contributed by atoms with van der Waals surface area (Å²) in [7, 11) is 7.08. The van der Waals surface area contributed by atoms with Crippen LogP contribution in [-0.4, -0.2) is 49.4 Å². The first kappa shape index (κ1) is 19.3. The number of allylic oxidation sites excluding steroid dienone is 4. The standard InChI is InChI=1S/C8H11.3C3H8N.Hf/c1-2-5-8-6-3-4-7-8;3*1-3-4-2;/h3-4,6-7H,2,5H2,1H3;3*3H2,1-2H3;/q;3*-1;+3. The molecular formula is C17H35HfN3. The Balaban J connectivity index is 3.53. The van der Waals surface area contributed by atoms with Crippen molar-refractivity contribution in [2.24, 2.45) is 0 Å². The molecule has 0 unspecified atom stereocenters. The van der Waals surface area contributed by atoms with E-state index in [0.29, 0.717) is 0 Å². The zero-order valence-electron chi connectivity index (χ0n) is 15.2. The monoisotopic (exact) mass is 461 g/mol. The van der Waals surface area contributed by atoms with Crippen molar-refractivity contribution in [1.82, 2.24) is 8.66 Å². The van der Waals surface area contributed by atoms with Crippen LogP contribution in [-0.2, 0) is 20.8 Å². The van der Waals surface area contributed by atoms with Gasteiger partial charge in [-0.1, -0.05) is 0 Å². The van der Waals surface area contributed by atoms with E-state index in [4.69, 9.17) is 0 Å². The molecule has 0 aliphatic heterocycles. The van der Waals surface area contributed by atoms with Gasteiger partial charge in [-0.15, -0.1) is 0 Å². The third kappa shape index (κ3) is 3.15. The molecule has 1 aliphatic rings. The first-order valence-corrected chi connectivity index (χ1v) is 15.1. The number of nitrogens with zero attached hydrogens (tertiary/aromatic N) is 3. The normalized spacial score (nSPS) is 17.6. The molecule has 1 rings (SSSR count). The summed E-state index contributed by atoms with van der Waals surface area (Å²) in [4.78, 5) is 0. The van der Waals surface area contributed by atoms with E-state index in [1.165, 1.54) is 12.8 Å². The van der Waals surface area contributed by atoms with E-state index in [9.17, 15) is 0 Å². The summed E-state index contributed by atoms with van der Waals surface area (Å²) in [6.07, 6.45) is 12.1. The second-order valence-corrected chi connectivity index (χ2v) is 22.3. The van der Waals surface area contributed by atoms with Gasteiger partial charge in [0.15, 0.2) is 0 Å². The Morgan fingerprint density at radius 3 is 1.43 bits per heavy atom. The van der Waals surface area contributed by atoms with E-state index < -0.39 is 20.8 Å². The molecule has 0 aromatic rings. The molecule has 0 saturated heterocycles. The molecule has 1 aliphatic carbocycles. The Labute approximate surface area is 138 Å². The number of hydrogen-bond acceptors (Lipinski definition) is 3. The Kier molecular flexibility index (Phi) is 7.51. The van der Waals surface area contributed by atoms with Crippen molar-refractivity contribution >= 4 is 0 Å². The second-order valence-electron chi connectivity index (χ2n) is 6.19. The molecule has 0 fully saturated rings. The average molecular weight is 460 g/mol. The van der Waals surface area contributed by atoms with Gasteiger partial charge in [0, 0.05) is 0 Å². The third-order valence-corrected chi connectivity index (χ3v) is 26.7. The summed E-state index contributed by atoms with van der Waals surface area (Å²) >= 11 is -3.16. The van der Waals surface area contributed by atoms with E-state index in [0.717, 1.165) is 19.6 Å². The zero-order valence-corrected chi connectivity index (χ0v) is 18.8. The van der Waals surface area contributed by atoms with Crippen LogP contribution in [0, 0.1) is 0 Å². The summed E-state index contributed by atoms with van der Waals surface area (Å²) in [6.45, 7) is 12.6. The van der Waals surface area contributed by atoms with Crippen LogP contribution in [0.4, 0.5) is 0 Å². The third-order valence-electron chi connectivity index (χ3n) is 5.21. The Morgan fingerprint density at radius 2 is 1.14 bits per heavy atom. The molecule has 0 aromatic heterocycles. The van der Waals surface area contributed by atoms with Gasteiger partial charge in [-0.3, -0.25) is 0 Å². The molecule has 0 amide bonds. The van der Waals surface area contributed by atoms with E-state index >= 15 is 0 Å². The molecular weight excluding hydrogens is 425 g/mol. The Hall–Kier alpha value is 0.230. The predicted octanol–water partition coefficient (Wildman–Crippen LogP) is 3.83. The minimum absolute atomic E-state index is 0.266.